The van der Waals surface area contributed by atoms with Crippen molar-refractivity contribution in [2.75, 3.05) is 5.32 Å². The van der Waals surface area contributed by atoms with E-state index in [2.05, 4.69) is 27.3 Å². The summed E-state index contributed by atoms with van der Waals surface area (Å²) in [4.78, 5) is 10.9. The molecule has 0 aliphatic rings. The molecule has 0 unspecified atom stereocenters. The number of carboxylic acid groups (broad SMARTS) is 1. The Morgan fingerprint density at radius 2 is 2.00 bits per heavy atom. The first kappa shape index (κ1) is 13.1. The normalized spacial score (nSPS) is 9.68. The monoisotopic (exact) mass is 316 g/mol. The highest BCUT2D eigenvalue weighted by Gasteiger charge is 2.07. The Balaban J connectivity index is 2.37. The summed E-state index contributed by atoms with van der Waals surface area (Å²) in [5.41, 5.74) is 1.91. The number of carbonyl (C=O) groups is 1. The van der Waals surface area contributed by atoms with Crippen LogP contribution in [0, 0.1) is 11.3 Å². The van der Waals surface area contributed by atoms with Gasteiger partial charge < -0.3 is 10.4 Å². The van der Waals surface area contributed by atoms with Crippen molar-refractivity contribution in [3.8, 4) is 6.07 Å². The van der Waals surface area contributed by atoms with Crippen molar-refractivity contribution in [3.05, 3.63) is 58.1 Å². The molecule has 0 aliphatic heterocycles. The molecule has 0 spiro atoms. The van der Waals surface area contributed by atoms with E-state index in [4.69, 9.17) is 10.4 Å². The SMILES string of the molecule is N#Cc1c(Br)cccc1Nc1cccc(C(=O)O)c1. The fourth-order valence-corrected chi connectivity index (χ4v) is 2.08. The van der Waals surface area contributed by atoms with E-state index in [-0.39, 0.29) is 5.56 Å². The van der Waals surface area contributed by atoms with Crippen LogP contribution in [0.5, 0.6) is 0 Å². The predicted molar refractivity (Wildman–Crippen MR) is 75.5 cm³/mol. The molecule has 19 heavy (non-hydrogen) atoms. The van der Waals surface area contributed by atoms with Crippen molar-refractivity contribution >= 4 is 33.3 Å². The maximum atomic E-state index is 10.9. The standard InChI is InChI=1S/C14H9BrN2O2/c15-12-5-2-6-13(11(12)8-16)17-10-4-1-3-9(7-10)14(18)19/h1-7,17H,(H,18,19). The van der Waals surface area contributed by atoms with Crippen LogP contribution in [0.25, 0.3) is 0 Å². The second kappa shape index (κ2) is 5.55. The lowest BCUT2D eigenvalue weighted by molar-refractivity contribution is 0.0697. The van der Waals surface area contributed by atoms with Crippen molar-refractivity contribution in [2.24, 2.45) is 0 Å². The molecule has 0 saturated heterocycles. The zero-order chi connectivity index (χ0) is 13.8. The van der Waals surface area contributed by atoms with Crippen LogP contribution in [-0.2, 0) is 0 Å². The van der Waals surface area contributed by atoms with E-state index < -0.39 is 5.97 Å². The topological polar surface area (TPSA) is 73.1 Å². The smallest absolute Gasteiger partial charge is 0.335 e. The number of benzene rings is 2. The van der Waals surface area contributed by atoms with Crippen LogP contribution in [0.15, 0.2) is 46.9 Å². The first-order valence-corrected chi connectivity index (χ1v) is 6.20. The summed E-state index contributed by atoms with van der Waals surface area (Å²) in [6, 6.07) is 13.9. The maximum absolute atomic E-state index is 10.9. The third kappa shape index (κ3) is 2.92. The highest BCUT2D eigenvalue weighted by molar-refractivity contribution is 9.10. The molecule has 0 amide bonds. The molecular weight excluding hydrogens is 308 g/mol. The van der Waals surface area contributed by atoms with Crippen LogP contribution in [0.3, 0.4) is 0 Å². The lowest BCUT2D eigenvalue weighted by Crippen LogP contribution is -1.99. The molecule has 0 radical (unpaired) electrons. The van der Waals surface area contributed by atoms with Crippen LogP contribution in [0.2, 0.25) is 0 Å². The van der Waals surface area contributed by atoms with E-state index in [1.807, 2.05) is 0 Å². The first-order chi connectivity index (χ1) is 9.11. The van der Waals surface area contributed by atoms with E-state index >= 15 is 0 Å². The minimum absolute atomic E-state index is 0.193. The van der Waals surface area contributed by atoms with Gasteiger partial charge in [0.05, 0.1) is 16.8 Å². The molecule has 94 valence electrons. The second-order valence-corrected chi connectivity index (χ2v) is 4.64. The van der Waals surface area contributed by atoms with Crippen LogP contribution >= 0.6 is 15.9 Å². The maximum Gasteiger partial charge on any atom is 0.335 e. The van der Waals surface area contributed by atoms with Crippen LogP contribution in [0.1, 0.15) is 15.9 Å². The van der Waals surface area contributed by atoms with E-state index in [0.717, 1.165) is 0 Å². The average Bonchev–Trinajstić information content (AvgIpc) is 2.39. The summed E-state index contributed by atoms with van der Waals surface area (Å²) >= 11 is 3.30. The molecule has 0 atom stereocenters. The quantitative estimate of drug-likeness (QED) is 0.904. The van der Waals surface area contributed by atoms with E-state index in [0.29, 0.717) is 21.4 Å². The number of rotatable bonds is 3. The van der Waals surface area contributed by atoms with Gasteiger partial charge in [0.15, 0.2) is 0 Å². The second-order valence-electron chi connectivity index (χ2n) is 3.79. The fourth-order valence-electron chi connectivity index (χ4n) is 1.63. The predicted octanol–water partition coefficient (Wildman–Crippen LogP) is 3.76. The van der Waals surface area contributed by atoms with Gasteiger partial charge in [-0.2, -0.15) is 5.26 Å². The van der Waals surface area contributed by atoms with Crippen molar-refractivity contribution in [1.82, 2.24) is 0 Å². The van der Waals surface area contributed by atoms with Gasteiger partial charge in [-0.05, 0) is 46.3 Å². The number of nitrogens with one attached hydrogen (secondary N) is 1. The number of aromatic carboxylic acids is 1. The molecule has 2 aromatic carbocycles. The van der Waals surface area contributed by atoms with Gasteiger partial charge in [0, 0.05) is 10.2 Å². The third-order valence-corrected chi connectivity index (χ3v) is 3.17. The molecule has 0 aliphatic carbocycles. The van der Waals surface area contributed by atoms with Gasteiger partial charge in [0.2, 0.25) is 0 Å². The molecule has 0 heterocycles. The van der Waals surface area contributed by atoms with Gasteiger partial charge in [-0.25, -0.2) is 4.79 Å². The minimum Gasteiger partial charge on any atom is -0.478 e. The van der Waals surface area contributed by atoms with Gasteiger partial charge in [-0.1, -0.05) is 12.1 Å². The average molecular weight is 317 g/mol. The Kier molecular flexibility index (Phi) is 3.83. The Morgan fingerprint density at radius 1 is 1.26 bits per heavy atom. The van der Waals surface area contributed by atoms with Crippen molar-refractivity contribution in [1.29, 1.82) is 5.26 Å². The lowest BCUT2D eigenvalue weighted by atomic mass is 10.1. The van der Waals surface area contributed by atoms with Crippen LogP contribution in [0.4, 0.5) is 11.4 Å². The number of anilines is 2. The molecule has 4 nitrogen and oxygen atoms in total. The van der Waals surface area contributed by atoms with Gasteiger partial charge in [-0.15, -0.1) is 0 Å². The van der Waals surface area contributed by atoms with E-state index in [9.17, 15) is 4.79 Å². The Hall–Kier alpha value is -2.32. The van der Waals surface area contributed by atoms with E-state index in [1.165, 1.54) is 12.1 Å². The number of nitriles is 1. The largest absolute Gasteiger partial charge is 0.478 e. The van der Waals surface area contributed by atoms with Gasteiger partial charge in [0.25, 0.3) is 0 Å². The summed E-state index contributed by atoms with van der Waals surface area (Å²) < 4.78 is 0.689. The van der Waals surface area contributed by atoms with E-state index in [1.54, 1.807) is 30.3 Å². The van der Waals surface area contributed by atoms with Crippen LogP contribution in [-0.4, -0.2) is 11.1 Å². The van der Waals surface area contributed by atoms with Crippen LogP contribution < -0.4 is 5.32 Å². The summed E-state index contributed by atoms with van der Waals surface area (Å²) in [7, 11) is 0. The van der Waals surface area contributed by atoms with Gasteiger partial charge in [0.1, 0.15) is 6.07 Å². The molecule has 2 rings (SSSR count). The Morgan fingerprint density at radius 3 is 2.68 bits per heavy atom. The Labute approximate surface area is 118 Å². The molecule has 0 bridgehead atoms. The molecule has 0 saturated carbocycles. The minimum atomic E-state index is -0.988. The summed E-state index contributed by atoms with van der Waals surface area (Å²) in [6.45, 7) is 0. The Bertz CT molecular complexity index is 677. The molecule has 0 aromatic heterocycles. The van der Waals surface area contributed by atoms with Crippen molar-refractivity contribution in [3.63, 3.8) is 0 Å². The highest BCUT2D eigenvalue weighted by atomic mass is 79.9. The zero-order valence-corrected chi connectivity index (χ0v) is 11.3. The summed E-state index contributed by atoms with van der Waals surface area (Å²) in [6.07, 6.45) is 0. The number of carboxylic acids is 1. The summed E-state index contributed by atoms with van der Waals surface area (Å²) in [5.74, 6) is -0.988. The molecule has 2 aromatic rings. The zero-order valence-electron chi connectivity index (χ0n) is 9.72. The summed E-state index contributed by atoms with van der Waals surface area (Å²) in [5, 5.41) is 21.1. The number of hydrogen-bond donors (Lipinski definition) is 2. The lowest BCUT2D eigenvalue weighted by Gasteiger charge is -2.09. The first-order valence-electron chi connectivity index (χ1n) is 5.41. The van der Waals surface area contributed by atoms with Gasteiger partial charge >= 0.3 is 5.97 Å². The van der Waals surface area contributed by atoms with Gasteiger partial charge in [-0.3, -0.25) is 0 Å². The number of halogens is 1. The molecule has 5 heteroatoms. The number of hydrogen-bond acceptors (Lipinski definition) is 3. The molecule has 0 fully saturated rings. The van der Waals surface area contributed by atoms with Crippen molar-refractivity contribution < 1.29 is 9.90 Å². The molecule has 2 N–H and O–H groups in total. The van der Waals surface area contributed by atoms with Crippen molar-refractivity contribution in [2.45, 2.75) is 0 Å². The molecular formula is C14H9BrN2O2. The number of nitrogens with zero attached hydrogens (tertiary/aromatic N) is 1. The fraction of sp³-hybridized carbons (Fsp3) is 0. The highest BCUT2D eigenvalue weighted by Crippen LogP contribution is 2.27. The third-order valence-electron chi connectivity index (χ3n) is 2.51.